The molecule has 0 amide bonds. The first-order chi connectivity index (χ1) is 8.20. The molecule has 0 radical (unpaired) electrons. The summed E-state index contributed by atoms with van der Waals surface area (Å²) in [5.74, 6) is -0.0130. The van der Waals surface area contributed by atoms with Gasteiger partial charge >= 0.3 is 5.97 Å². The Balaban J connectivity index is 2.39. The molecular weight excluding hydrogens is 222 g/mol. The van der Waals surface area contributed by atoms with Gasteiger partial charge < -0.3 is 14.9 Å². The Bertz CT molecular complexity index is 523. The van der Waals surface area contributed by atoms with Crippen molar-refractivity contribution in [2.45, 2.75) is 6.92 Å². The maximum absolute atomic E-state index is 11.5. The van der Waals surface area contributed by atoms with Crippen LogP contribution in [-0.2, 0) is 4.74 Å². The zero-order valence-corrected chi connectivity index (χ0v) is 9.21. The minimum Gasteiger partial charge on any atom is -0.463 e. The third kappa shape index (κ3) is 2.41. The lowest BCUT2D eigenvalue weighted by Gasteiger charge is -2.03. The Morgan fingerprint density at radius 2 is 2.35 bits per heavy atom. The Morgan fingerprint density at radius 1 is 1.53 bits per heavy atom. The molecule has 0 saturated carbocycles. The average molecular weight is 233 g/mol. The van der Waals surface area contributed by atoms with E-state index < -0.39 is 5.97 Å². The van der Waals surface area contributed by atoms with Crippen LogP contribution in [0.5, 0.6) is 0 Å². The van der Waals surface area contributed by atoms with Gasteiger partial charge in [0, 0.05) is 6.07 Å². The molecule has 17 heavy (non-hydrogen) atoms. The van der Waals surface area contributed by atoms with Crippen LogP contribution < -0.4 is 5.73 Å². The third-order valence-corrected chi connectivity index (χ3v) is 2.00. The fourth-order valence-corrected chi connectivity index (χ4v) is 1.33. The fraction of sp³-hybridized carbons (Fsp3) is 0.182. The van der Waals surface area contributed by atoms with Crippen molar-refractivity contribution in [3.05, 3.63) is 30.2 Å². The maximum Gasteiger partial charge on any atom is 0.357 e. The number of nitrogen functional groups attached to an aromatic ring is 1. The first kappa shape index (κ1) is 11.1. The van der Waals surface area contributed by atoms with E-state index in [0.717, 1.165) is 0 Å². The van der Waals surface area contributed by atoms with E-state index in [1.165, 1.54) is 12.3 Å². The topological polar surface area (TPSA) is 91.2 Å². The van der Waals surface area contributed by atoms with Crippen LogP contribution in [0.3, 0.4) is 0 Å². The summed E-state index contributed by atoms with van der Waals surface area (Å²) in [6, 6.07) is 4.92. The van der Waals surface area contributed by atoms with Crippen LogP contribution in [0.4, 0.5) is 5.95 Å². The molecule has 0 fully saturated rings. The Labute approximate surface area is 97.4 Å². The zero-order valence-electron chi connectivity index (χ0n) is 9.21. The molecule has 2 heterocycles. The van der Waals surface area contributed by atoms with Crippen LogP contribution in [0, 0.1) is 0 Å². The predicted octanol–water partition coefficient (Wildman–Crippen LogP) is 1.50. The van der Waals surface area contributed by atoms with Gasteiger partial charge in [-0.25, -0.2) is 14.8 Å². The molecule has 0 aliphatic carbocycles. The van der Waals surface area contributed by atoms with Gasteiger partial charge in [-0.15, -0.1) is 0 Å². The number of carbonyl (C=O) groups excluding carboxylic acids is 1. The molecule has 2 aromatic heterocycles. The van der Waals surface area contributed by atoms with E-state index in [4.69, 9.17) is 14.9 Å². The summed E-state index contributed by atoms with van der Waals surface area (Å²) >= 11 is 0. The van der Waals surface area contributed by atoms with Crippen LogP contribution in [0.25, 0.3) is 11.5 Å². The summed E-state index contributed by atoms with van der Waals surface area (Å²) in [6.45, 7) is 1.99. The molecule has 6 nitrogen and oxygen atoms in total. The summed E-state index contributed by atoms with van der Waals surface area (Å²) in [5.41, 5.74) is 6.09. The number of hydrogen-bond donors (Lipinski definition) is 1. The minimum absolute atomic E-state index is 0.00181. The van der Waals surface area contributed by atoms with Crippen molar-refractivity contribution < 1.29 is 13.9 Å². The van der Waals surface area contributed by atoms with Gasteiger partial charge in [0.05, 0.1) is 12.9 Å². The van der Waals surface area contributed by atoms with Gasteiger partial charge in [-0.2, -0.15) is 0 Å². The average Bonchev–Trinajstić information content (AvgIpc) is 2.82. The highest BCUT2D eigenvalue weighted by Gasteiger charge is 2.13. The highest BCUT2D eigenvalue weighted by atomic mass is 16.5. The number of anilines is 1. The number of nitrogens with zero attached hydrogens (tertiary/aromatic N) is 2. The Kier molecular flexibility index (Phi) is 3.04. The number of hydrogen-bond acceptors (Lipinski definition) is 6. The molecule has 0 bridgehead atoms. The summed E-state index contributed by atoms with van der Waals surface area (Å²) in [5, 5.41) is 0. The van der Waals surface area contributed by atoms with Crippen molar-refractivity contribution >= 4 is 11.9 Å². The normalized spacial score (nSPS) is 10.2. The number of ether oxygens (including phenoxy) is 1. The van der Waals surface area contributed by atoms with E-state index >= 15 is 0 Å². The number of esters is 1. The molecule has 0 atom stereocenters. The van der Waals surface area contributed by atoms with Crippen LogP contribution in [0.15, 0.2) is 28.9 Å². The largest absolute Gasteiger partial charge is 0.463 e. The van der Waals surface area contributed by atoms with E-state index in [-0.39, 0.29) is 18.2 Å². The molecule has 0 aliphatic rings. The molecule has 0 unspecified atom stereocenters. The summed E-state index contributed by atoms with van der Waals surface area (Å²) in [6.07, 6.45) is 1.51. The van der Waals surface area contributed by atoms with Crippen molar-refractivity contribution in [2.75, 3.05) is 12.3 Å². The van der Waals surface area contributed by atoms with Crippen molar-refractivity contribution in [2.24, 2.45) is 0 Å². The number of nitrogens with two attached hydrogens (primary N) is 1. The van der Waals surface area contributed by atoms with Crippen LogP contribution in [0.1, 0.15) is 17.4 Å². The molecule has 88 valence electrons. The highest BCUT2D eigenvalue weighted by Crippen LogP contribution is 2.19. The second-order valence-corrected chi connectivity index (χ2v) is 3.19. The van der Waals surface area contributed by atoms with Crippen molar-refractivity contribution in [3.8, 4) is 11.5 Å². The van der Waals surface area contributed by atoms with Crippen molar-refractivity contribution in [1.82, 2.24) is 9.97 Å². The molecule has 0 aliphatic heterocycles. The van der Waals surface area contributed by atoms with E-state index in [0.29, 0.717) is 11.5 Å². The summed E-state index contributed by atoms with van der Waals surface area (Å²) in [7, 11) is 0. The van der Waals surface area contributed by atoms with Gasteiger partial charge in [0.1, 0.15) is 5.69 Å². The lowest BCUT2D eigenvalue weighted by molar-refractivity contribution is 0.0519. The molecule has 2 rings (SSSR count). The van der Waals surface area contributed by atoms with Crippen molar-refractivity contribution in [3.63, 3.8) is 0 Å². The van der Waals surface area contributed by atoms with E-state index in [2.05, 4.69) is 9.97 Å². The fourth-order valence-electron chi connectivity index (χ4n) is 1.33. The number of aromatic nitrogens is 2. The Morgan fingerprint density at radius 3 is 3.00 bits per heavy atom. The van der Waals surface area contributed by atoms with E-state index in [1.807, 2.05) is 0 Å². The SMILES string of the molecule is CCOC(=O)c1cc(-c2ccco2)nc(N)n1. The molecule has 0 saturated heterocycles. The second kappa shape index (κ2) is 4.65. The molecule has 6 heteroatoms. The molecule has 0 spiro atoms. The van der Waals surface area contributed by atoms with Gasteiger partial charge in [0.15, 0.2) is 11.5 Å². The monoisotopic (exact) mass is 233 g/mol. The van der Waals surface area contributed by atoms with Gasteiger partial charge in [-0.05, 0) is 19.1 Å². The van der Waals surface area contributed by atoms with E-state index in [9.17, 15) is 4.79 Å². The van der Waals surface area contributed by atoms with Gasteiger partial charge in [-0.1, -0.05) is 0 Å². The lowest BCUT2D eigenvalue weighted by Crippen LogP contribution is -2.10. The first-order valence-electron chi connectivity index (χ1n) is 5.06. The summed E-state index contributed by atoms with van der Waals surface area (Å²) in [4.78, 5) is 19.3. The number of carbonyl (C=O) groups is 1. The lowest BCUT2D eigenvalue weighted by atomic mass is 10.2. The standard InChI is InChI=1S/C11H11N3O3/c1-2-16-10(15)8-6-7(13-11(12)14-8)9-4-3-5-17-9/h3-6H,2H2,1H3,(H2,12,13,14). The van der Waals surface area contributed by atoms with E-state index in [1.54, 1.807) is 19.1 Å². The van der Waals surface area contributed by atoms with Gasteiger partial charge in [0.25, 0.3) is 0 Å². The van der Waals surface area contributed by atoms with Gasteiger partial charge in [-0.3, -0.25) is 0 Å². The molecule has 2 N–H and O–H groups in total. The van der Waals surface area contributed by atoms with Crippen LogP contribution in [0.2, 0.25) is 0 Å². The molecular formula is C11H11N3O3. The Hall–Kier alpha value is -2.37. The van der Waals surface area contributed by atoms with Crippen molar-refractivity contribution in [1.29, 1.82) is 0 Å². The highest BCUT2D eigenvalue weighted by molar-refractivity contribution is 5.88. The molecule has 2 aromatic rings. The maximum atomic E-state index is 11.5. The molecule has 0 aromatic carbocycles. The summed E-state index contributed by atoms with van der Waals surface area (Å²) < 4.78 is 10.0. The van der Waals surface area contributed by atoms with Gasteiger partial charge in [0.2, 0.25) is 5.95 Å². The predicted molar refractivity (Wildman–Crippen MR) is 60.1 cm³/mol. The first-order valence-corrected chi connectivity index (χ1v) is 5.06. The quantitative estimate of drug-likeness (QED) is 0.807. The smallest absolute Gasteiger partial charge is 0.357 e. The number of furan rings is 1. The number of rotatable bonds is 3. The van der Waals surface area contributed by atoms with Crippen LogP contribution >= 0.6 is 0 Å². The van der Waals surface area contributed by atoms with Crippen LogP contribution in [-0.4, -0.2) is 22.5 Å². The minimum atomic E-state index is -0.533. The third-order valence-electron chi connectivity index (χ3n) is 2.00. The second-order valence-electron chi connectivity index (χ2n) is 3.19. The zero-order chi connectivity index (χ0) is 12.3.